The summed E-state index contributed by atoms with van der Waals surface area (Å²) in [6.45, 7) is 4.35. The van der Waals surface area contributed by atoms with Crippen LogP contribution in [-0.4, -0.2) is 27.5 Å². The van der Waals surface area contributed by atoms with Crippen molar-refractivity contribution in [1.82, 2.24) is 9.78 Å². The van der Waals surface area contributed by atoms with Gasteiger partial charge < -0.3 is 10.4 Å². The summed E-state index contributed by atoms with van der Waals surface area (Å²) in [5, 5.41) is 17.1. The van der Waals surface area contributed by atoms with E-state index in [1.54, 1.807) is 0 Å². The number of nitrogens with zero attached hydrogens (tertiary/aromatic N) is 2. The van der Waals surface area contributed by atoms with Gasteiger partial charge in [-0.3, -0.25) is 4.68 Å². The highest BCUT2D eigenvalue weighted by Gasteiger charge is 2.28. The fraction of sp³-hybridized carbons (Fsp3) is 0.700. The topological polar surface area (TPSA) is 50.1 Å². The van der Waals surface area contributed by atoms with Crippen molar-refractivity contribution in [3.05, 3.63) is 11.3 Å². The number of aliphatic hydroxyl groups is 1. The Morgan fingerprint density at radius 3 is 3.00 bits per heavy atom. The van der Waals surface area contributed by atoms with E-state index in [0.29, 0.717) is 6.04 Å². The highest BCUT2D eigenvalue weighted by molar-refractivity contribution is 5.52. The molecule has 0 fully saturated rings. The molecule has 2 atom stereocenters. The third-order valence-electron chi connectivity index (χ3n) is 2.92. The van der Waals surface area contributed by atoms with Crippen LogP contribution in [0.2, 0.25) is 0 Å². The van der Waals surface area contributed by atoms with E-state index in [1.165, 1.54) is 5.56 Å². The van der Waals surface area contributed by atoms with Crippen LogP contribution in [0.3, 0.4) is 0 Å². The van der Waals surface area contributed by atoms with Crippen molar-refractivity contribution in [3.63, 3.8) is 0 Å². The Morgan fingerprint density at radius 1 is 1.64 bits per heavy atom. The number of hydrogen-bond donors (Lipinski definition) is 2. The summed E-state index contributed by atoms with van der Waals surface area (Å²) in [5.74, 6) is 1.32. The molecular formula is C10H17N3O. The van der Waals surface area contributed by atoms with E-state index in [1.807, 2.05) is 18.7 Å². The van der Waals surface area contributed by atoms with E-state index in [2.05, 4.69) is 17.3 Å². The first-order chi connectivity index (χ1) is 6.63. The quantitative estimate of drug-likeness (QED) is 0.703. The first-order valence-corrected chi connectivity index (χ1v) is 5.04. The lowest BCUT2D eigenvalue weighted by Crippen LogP contribution is -2.27. The maximum Gasteiger partial charge on any atom is 0.127 e. The SMILES string of the molecule is Cc1nn(C)c2c1[C@@H](CO)C[C@@H](C)N2. The van der Waals surface area contributed by atoms with Crippen molar-refractivity contribution in [2.24, 2.45) is 7.05 Å². The van der Waals surface area contributed by atoms with Gasteiger partial charge in [-0.1, -0.05) is 0 Å². The Kier molecular flexibility index (Phi) is 2.23. The Hall–Kier alpha value is -1.03. The van der Waals surface area contributed by atoms with E-state index in [4.69, 9.17) is 0 Å². The molecule has 1 aromatic heterocycles. The Balaban J connectivity index is 2.48. The lowest BCUT2D eigenvalue weighted by molar-refractivity contribution is 0.253. The number of aryl methyl sites for hydroxylation is 2. The molecule has 0 aliphatic carbocycles. The molecule has 0 saturated heterocycles. The lowest BCUT2D eigenvalue weighted by atomic mass is 9.90. The zero-order valence-corrected chi connectivity index (χ0v) is 8.91. The van der Waals surface area contributed by atoms with Gasteiger partial charge in [-0.05, 0) is 20.3 Å². The molecule has 0 radical (unpaired) electrons. The van der Waals surface area contributed by atoms with E-state index in [-0.39, 0.29) is 12.5 Å². The van der Waals surface area contributed by atoms with Crippen LogP contribution in [0.5, 0.6) is 0 Å². The van der Waals surface area contributed by atoms with Gasteiger partial charge in [0.2, 0.25) is 0 Å². The Bertz CT molecular complexity index is 345. The van der Waals surface area contributed by atoms with Gasteiger partial charge in [-0.25, -0.2) is 0 Å². The lowest BCUT2D eigenvalue weighted by Gasteiger charge is -2.28. The van der Waals surface area contributed by atoms with Crippen LogP contribution in [-0.2, 0) is 7.05 Å². The fourth-order valence-electron chi connectivity index (χ4n) is 2.34. The molecule has 14 heavy (non-hydrogen) atoms. The molecule has 4 nitrogen and oxygen atoms in total. The molecular weight excluding hydrogens is 178 g/mol. The Labute approximate surface area is 83.9 Å². The van der Waals surface area contributed by atoms with Crippen LogP contribution in [0.1, 0.15) is 30.5 Å². The first kappa shape index (κ1) is 9.52. The molecule has 0 bridgehead atoms. The summed E-state index contributed by atoms with van der Waals surface area (Å²) < 4.78 is 1.86. The molecule has 78 valence electrons. The highest BCUT2D eigenvalue weighted by Crippen LogP contribution is 2.35. The van der Waals surface area contributed by atoms with Gasteiger partial charge in [-0.2, -0.15) is 5.10 Å². The highest BCUT2D eigenvalue weighted by atomic mass is 16.3. The minimum atomic E-state index is 0.214. The maximum atomic E-state index is 9.32. The minimum absolute atomic E-state index is 0.214. The Morgan fingerprint density at radius 2 is 2.36 bits per heavy atom. The minimum Gasteiger partial charge on any atom is -0.396 e. The zero-order valence-electron chi connectivity index (χ0n) is 8.91. The van der Waals surface area contributed by atoms with Crippen LogP contribution >= 0.6 is 0 Å². The summed E-state index contributed by atoms with van der Waals surface area (Å²) in [5.41, 5.74) is 2.22. The molecule has 1 aliphatic heterocycles. The second kappa shape index (κ2) is 3.28. The largest absolute Gasteiger partial charge is 0.396 e. The van der Waals surface area contributed by atoms with Gasteiger partial charge >= 0.3 is 0 Å². The number of hydrogen-bond acceptors (Lipinski definition) is 3. The molecule has 0 amide bonds. The molecule has 0 spiro atoms. The number of nitrogens with one attached hydrogen (secondary N) is 1. The summed E-state index contributed by atoms with van der Waals surface area (Å²) in [4.78, 5) is 0. The predicted octanol–water partition coefficient (Wildman–Crippen LogP) is 1.01. The smallest absolute Gasteiger partial charge is 0.127 e. The average molecular weight is 195 g/mol. The zero-order chi connectivity index (χ0) is 10.3. The first-order valence-electron chi connectivity index (χ1n) is 5.04. The third kappa shape index (κ3) is 1.30. The van der Waals surface area contributed by atoms with Crippen molar-refractivity contribution in [1.29, 1.82) is 0 Å². The molecule has 2 N–H and O–H groups in total. The van der Waals surface area contributed by atoms with Crippen LogP contribution in [0, 0.1) is 6.92 Å². The van der Waals surface area contributed by atoms with Crippen molar-refractivity contribution in [3.8, 4) is 0 Å². The van der Waals surface area contributed by atoms with E-state index in [0.717, 1.165) is 17.9 Å². The molecule has 2 heterocycles. The molecule has 2 rings (SSSR count). The van der Waals surface area contributed by atoms with Crippen molar-refractivity contribution in [2.75, 3.05) is 11.9 Å². The third-order valence-corrected chi connectivity index (χ3v) is 2.92. The predicted molar refractivity (Wildman–Crippen MR) is 55.5 cm³/mol. The summed E-state index contributed by atoms with van der Waals surface area (Å²) in [6.07, 6.45) is 0.982. The standard InChI is InChI=1S/C10H17N3O/c1-6-4-8(5-14)9-7(2)12-13(3)10(9)11-6/h6,8,11,14H,4-5H2,1-3H3/t6-,8-/m1/s1. The van der Waals surface area contributed by atoms with Gasteiger partial charge in [0, 0.05) is 24.6 Å². The molecule has 0 aromatic carbocycles. The monoisotopic (exact) mass is 195 g/mol. The number of rotatable bonds is 1. The average Bonchev–Trinajstić information content (AvgIpc) is 2.41. The van der Waals surface area contributed by atoms with Crippen molar-refractivity contribution >= 4 is 5.82 Å². The van der Waals surface area contributed by atoms with Crippen LogP contribution in [0.4, 0.5) is 5.82 Å². The van der Waals surface area contributed by atoms with Gasteiger partial charge in [0.25, 0.3) is 0 Å². The van der Waals surface area contributed by atoms with E-state index >= 15 is 0 Å². The maximum absolute atomic E-state index is 9.32. The molecule has 1 aliphatic rings. The number of aromatic nitrogens is 2. The van der Waals surface area contributed by atoms with Gasteiger partial charge in [-0.15, -0.1) is 0 Å². The fourth-order valence-corrected chi connectivity index (χ4v) is 2.34. The van der Waals surface area contributed by atoms with Gasteiger partial charge in [0.05, 0.1) is 12.3 Å². The number of anilines is 1. The second-order valence-electron chi connectivity index (χ2n) is 4.13. The molecule has 0 unspecified atom stereocenters. The normalized spacial score (nSPS) is 25.7. The van der Waals surface area contributed by atoms with E-state index in [9.17, 15) is 5.11 Å². The van der Waals surface area contributed by atoms with Crippen LogP contribution in [0.25, 0.3) is 0 Å². The van der Waals surface area contributed by atoms with Gasteiger partial charge in [0.15, 0.2) is 0 Å². The molecule has 0 saturated carbocycles. The summed E-state index contributed by atoms with van der Waals surface area (Å²) >= 11 is 0. The summed E-state index contributed by atoms with van der Waals surface area (Å²) in [6, 6.07) is 0.412. The number of fused-ring (bicyclic) bond motifs is 1. The molecule has 4 heteroatoms. The summed E-state index contributed by atoms with van der Waals surface area (Å²) in [7, 11) is 1.94. The van der Waals surface area contributed by atoms with Crippen LogP contribution in [0.15, 0.2) is 0 Å². The second-order valence-corrected chi connectivity index (χ2v) is 4.13. The number of aliphatic hydroxyl groups excluding tert-OH is 1. The van der Waals surface area contributed by atoms with Gasteiger partial charge in [0.1, 0.15) is 5.82 Å². The molecule has 1 aromatic rings. The van der Waals surface area contributed by atoms with E-state index < -0.39 is 0 Å². The van der Waals surface area contributed by atoms with Crippen molar-refractivity contribution < 1.29 is 5.11 Å². The van der Waals surface area contributed by atoms with Crippen LogP contribution < -0.4 is 5.32 Å². The van der Waals surface area contributed by atoms with Crippen molar-refractivity contribution in [2.45, 2.75) is 32.2 Å².